The first-order chi connectivity index (χ1) is 11.4. The smallest absolute Gasteiger partial charge is 0.237 e. The maximum Gasteiger partial charge on any atom is 0.237 e. The van der Waals surface area contributed by atoms with Gasteiger partial charge in [-0.15, -0.1) is 0 Å². The highest BCUT2D eigenvalue weighted by atomic mass is 32.2. The molecule has 0 saturated carbocycles. The van der Waals surface area contributed by atoms with Crippen LogP contribution in [-0.4, -0.2) is 61.3 Å². The molecule has 1 N–H and O–H groups in total. The number of anilines is 1. The van der Waals surface area contributed by atoms with Crippen molar-refractivity contribution < 1.29 is 22.7 Å². The van der Waals surface area contributed by atoms with Crippen LogP contribution in [0.5, 0.6) is 5.88 Å². The predicted octanol–water partition coefficient (Wildman–Crippen LogP) is 0.0643. The fourth-order valence-electron chi connectivity index (χ4n) is 3.16. The van der Waals surface area contributed by atoms with E-state index in [0.717, 1.165) is 0 Å². The lowest BCUT2D eigenvalue weighted by Gasteiger charge is -2.23. The third-order valence-corrected chi connectivity index (χ3v) is 6.15. The van der Waals surface area contributed by atoms with Crippen LogP contribution in [0.15, 0.2) is 18.3 Å². The molecule has 0 aromatic carbocycles. The summed E-state index contributed by atoms with van der Waals surface area (Å²) in [6.45, 7) is 0.243. The van der Waals surface area contributed by atoms with E-state index in [1.54, 1.807) is 18.3 Å². The summed E-state index contributed by atoms with van der Waals surface area (Å²) in [5.74, 6) is -0.581. The van der Waals surface area contributed by atoms with Gasteiger partial charge in [0.05, 0.1) is 24.5 Å². The van der Waals surface area contributed by atoms with Crippen LogP contribution in [-0.2, 0) is 19.4 Å². The molecule has 2 aliphatic heterocycles. The second-order valence-corrected chi connectivity index (χ2v) is 8.28. The zero-order chi connectivity index (χ0) is 17.3. The molecule has 0 radical (unpaired) electrons. The minimum absolute atomic E-state index is 0.0104. The van der Waals surface area contributed by atoms with Gasteiger partial charge in [-0.2, -0.15) is 0 Å². The van der Waals surface area contributed by atoms with Crippen LogP contribution < -0.4 is 10.1 Å². The summed E-state index contributed by atoms with van der Waals surface area (Å²) in [6, 6.07) is 3.03. The van der Waals surface area contributed by atoms with Crippen molar-refractivity contribution in [3.05, 3.63) is 18.3 Å². The summed E-state index contributed by atoms with van der Waals surface area (Å²) in [4.78, 5) is 30.1. The third-order valence-electron chi connectivity index (χ3n) is 4.40. The number of nitrogens with zero attached hydrogens (tertiary/aromatic N) is 2. The molecule has 2 fully saturated rings. The van der Waals surface area contributed by atoms with Crippen LogP contribution >= 0.6 is 0 Å². The number of carbonyl (C=O) groups is 2. The first kappa shape index (κ1) is 16.7. The molecule has 2 amide bonds. The van der Waals surface area contributed by atoms with Crippen LogP contribution in [0.25, 0.3) is 0 Å². The van der Waals surface area contributed by atoms with Gasteiger partial charge < -0.3 is 15.0 Å². The number of pyridine rings is 1. The molecular weight excluding hydrogens is 334 g/mol. The fourth-order valence-corrected chi connectivity index (χ4v) is 4.90. The van der Waals surface area contributed by atoms with Gasteiger partial charge in [0.1, 0.15) is 5.69 Å². The van der Waals surface area contributed by atoms with E-state index in [9.17, 15) is 18.0 Å². The summed E-state index contributed by atoms with van der Waals surface area (Å²) in [7, 11) is -1.61. The van der Waals surface area contributed by atoms with E-state index in [-0.39, 0.29) is 42.3 Å². The van der Waals surface area contributed by atoms with E-state index < -0.39 is 15.8 Å². The minimum Gasteiger partial charge on any atom is -0.480 e. The summed E-state index contributed by atoms with van der Waals surface area (Å²) in [5, 5.41) is 2.73. The zero-order valence-electron chi connectivity index (χ0n) is 13.3. The highest BCUT2D eigenvalue weighted by Crippen LogP contribution is 2.28. The van der Waals surface area contributed by atoms with E-state index in [1.807, 2.05) is 0 Å². The third kappa shape index (κ3) is 3.35. The first-order valence-corrected chi connectivity index (χ1v) is 9.51. The Morgan fingerprint density at radius 3 is 2.92 bits per heavy atom. The summed E-state index contributed by atoms with van der Waals surface area (Å²) in [6.07, 6.45) is 2.08. The van der Waals surface area contributed by atoms with Crippen molar-refractivity contribution in [3.63, 3.8) is 0 Å². The van der Waals surface area contributed by atoms with Gasteiger partial charge in [-0.25, -0.2) is 13.4 Å². The van der Waals surface area contributed by atoms with Gasteiger partial charge in [-0.1, -0.05) is 0 Å². The number of likely N-dealkylation sites (tertiary alicyclic amines) is 1. The van der Waals surface area contributed by atoms with Crippen LogP contribution in [0, 0.1) is 5.92 Å². The van der Waals surface area contributed by atoms with Gasteiger partial charge in [0.25, 0.3) is 0 Å². The molecule has 0 unspecified atom stereocenters. The molecule has 0 aliphatic carbocycles. The summed E-state index contributed by atoms with van der Waals surface area (Å²) >= 11 is 0. The molecule has 8 nitrogen and oxygen atoms in total. The number of nitrogens with one attached hydrogen (secondary N) is 1. The Hall–Kier alpha value is -2.16. The molecule has 3 rings (SSSR count). The molecule has 9 heteroatoms. The summed E-state index contributed by atoms with van der Waals surface area (Å²) in [5.41, 5.74) is 0.444. The molecule has 3 heterocycles. The molecule has 130 valence electrons. The highest BCUT2D eigenvalue weighted by Gasteiger charge is 2.42. The lowest BCUT2D eigenvalue weighted by atomic mass is 10.1. The molecule has 2 aliphatic rings. The maximum absolute atomic E-state index is 12.4. The molecular formula is C15H19N3O5S. The number of hydrogen-bond acceptors (Lipinski definition) is 6. The van der Waals surface area contributed by atoms with E-state index in [4.69, 9.17) is 4.74 Å². The molecule has 24 heavy (non-hydrogen) atoms. The van der Waals surface area contributed by atoms with Crippen LogP contribution in [0.2, 0.25) is 0 Å². The Bertz CT molecular complexity index is 764. The largest absolute Gasteiger partial charge is 0.480 e. The zero-order valence-corrected chi connectivity index (χ0v) is 14.1. The second kappa shape index (κ2) is 6.39. The van der Waals surface area contributed by atoms with Gasteiger partial charge in [0.15, 0.2) is 9.84 Å². The normalized spacial score (nSPS) is 25.7. The van der Waals surface area contributed by atoms with Crippen molar-refractivity contribution in [2.75, 3.05) is 30.5 Å². The summed E-state index contributed by atoms with van der Waals surface area (Å²) < 4.78 is 28.3. The Morgan fingerprint density at radius 2 is 2.25 bits per heavy atom. The van der Waals surface area contributed by atoms with Crippen molar-refractivity contribution in [2.45, 2.75) is 18.9 Å². The van der Waals surface area contributed by atoms with Crippen LogP contribution in [0.3, 0.4) is 0 Å². The first-order valence-electron chi connectivity index (χ1n) is 7.69. The van der Waals surface area contributed by atoms with Gasteiger partial charge in [0, 0.05) is 25.2 Å². The molecule has 0 spiro atoms. The maximum atomic E-state index is 12.4. The van der Waals surface area contributed by atoms with E-state index >= 15 is 0 Å². The number of sulfone groups is 1. The SMILES string of the molecule is COc1ncccc1NC(=O)[C@@H]1CC(=O)N([C@H]2CCS(=O)(=O)C2)C1. The average Bonchev–Trinajstić information content (AvgIpc) is 3.10. The van der Waals surface area contributed by atoms with Crippen molar-refractivity contribution in [2.24, 2.45) is 5.92 Å². The Morgan fingerprint density at radius 1 is 1.46 bits per heavy atom. The van der Waals surface area contributed by atoms with Crippen LogP contribution in [0.4, 0.5) is 5.69 Å². The van der Waals surface area contributed by atoms with Crippen molar-refractivity contribution >= 4 is 27.3 Å². The van der Waals surface area contributed by atoms with E-state index in [0.29, 0.717) is 18.0 Å². The predicted molar refractivity (Wildman–Crippen MR) is 86.3 cm³/mol. The van der Waals surface area contributed by atoms with E-state index in [2.05, 4.69) is 10.3 Å². The quantitative estimate of drug-likeness (QED) is 0.821. The monoisotopic (exact) mass is 353 g/mol. The van der Waals surface area contributed by atoms with Gasteiger partial charge in [0.2, 0.25) is 17.7 Å². The average molecular weight is 353 g/mol. The van der Waals surface area contributed by atoms with Gasteiger partial charge >= 0.3 is 0 Å². The highest BCUT2D eigenvalue weighted by molar-refractivity contribution is 7.91. The minimum atomic E-state index is -3.07. The molecule has 1 aromatic heterocycles. The van der Waals surface area contributed by atoms with Crippen molar-refractivity contribution in [1.82, 2.24) is 9.88 Å². The topological polar surface area (TPSA) is 106 Å². The fraction of sp³-hybridized carbons (Fsp3) is 0.533. The number of aromatic nitrogens is 1. The Kier molecular flexibility index (Phi) is 4.44. The van der Waals surface area contributed by atoms with Gasteiger partial charge in [-0.3, -0.25) is 9.59 Å². The molecule has 2 saturated heterocycles. The van der Waals surface area contributed by atoms with Gasteiger partial charge in [-0.05, 0) is 18.6 Å². The molecule has 1 aromatic rings. The van der Waals surface area contributed by atoms with Crippen molar-refractivity contribution in [3.8, 4) is 5.88 Å². The number of hydrogen-bond donors (Lipinski definition) is 1. The lowest BCUT2D eigenvalue weighted by molar-refractivity contribution is -0.129. The molecule has 2 atom stereocenters. The number of methoxy groups -OCH3 is 1. The second-order valence-electron chi connectivity index (χ2n) is 6.05. The Balaban J connectivity index is 1.66. The van der Waals surface area contributed by atoms with Crippen molar-refractivity contribution in [1.29, 1.82) is 0 Å². The number of amides is 2. The number of rotatable bonds is 4. The standard InChI is InChI=1S/C15H19N3O5S/c1-23-15-12(3-2-5-16-15)17-14(20)10-7-13(19)18(8-10)11-4-6-24(21,22)9-11/h2-3,5,10-11H,4,6-9H2,1H3,(H,17,20)/t10-,11+/m1/s1. The molecule has 0 bridgehead atoms. The van der Waals surface area contributed by atoms with E-state index in [1.165, 1.54) is 12.0 Å². The Labute approximate surface area is 140 Å². The number of ether oxygens (including phenoxy) is 1. The van der Waals surface area contributed by atoms with Crippen LogP contribution in [0.1, 0.15) is 12.8 Å². The lowest BCUT2D eigenvalue weighted by Crippen LogP contribution is -2.38. The number of carbonyl (C=O) groups excluding carboxylic acids is 2.